The Morgan fingerprint density at radius 1 is 1.19 bits per heavy atom. The van der Waals surface area contributed by atoms with Crippen LogP contribution < -0.4 is 11.1 Å². The Morgan fingerprint density at radius 2 is 1.91 bits per heavy atom. The smallest absolute Gasteiger partial charge is 0.363 e. The molecule has 32 heavy (non-hydrogen) atoms. The fourth-order valence-corrected chi connectivity index (χ4v) is 3.18. The van der Waals surface area contributed by atoms with Gasteiger partial charge >= 0.3 is 5.97 Å². The Labute approximate surface area is 183 Å². The fourth-order valence-electron chi connectivity index (χ4n) is 3.18. The first kappa shape index (κ1) is 22.8. The van der Waals surface area contributed by atoms with Crippen molar-refractivity contribution < 1.29 is 23.6 Å². The number of hydrogen-bond donors (Lipinski definition) is 3. The lowest BCUT2D eigenvalue weighted by atomic mass is 10.1. The molecule has 1 aliphatic heterocycles. The molecule has 0 saturated carbocycles. The molecular formula is C20H24FN7O4. The number of rotatable bonds is 10. The van der Waals surface area contributed by atoms with Crippen molar-refractivity contribution in [1.29, 1.82) is 5.41 Å². The summed E-state index contributed by atoms with van der Waals surface area (Å²) in [6.07, 6.45) is 3.50. The van der Waals surface area contributed by atoms with Gasteiger partial charge in [0.2, 0.25) is 0 Å². The SMILES string of the molecule is N=C(N)NCc1cc(Cn2cc(CCCCF)nn2)cc(C(=O)ON2C(=O)CCC2=O)c1. The van der Waals surface area contributed by atoms with Crippen LogP contribution in [0.3, 0.4) is 0 Å². The van der Waals surface area contributed by atoms with Gasteiger partial charge in [-0.1, -0.05) is 11.3 Å². The Kier molecular flexibility index (Phi) is 7.47. The second-order valence-corrected chi connectivity index (χ2v) is 7.32. The van der Waals surface area contributed by atoms with Crippen LogP contribution in [0.4, 0.5) is 4.39 Å². The van der Waals surface area contributed by atoms with E-state index >= 15 is 0 Å². The van der Waals surface area contributed by atoms with Crippen LogP contribution >= 0.6 is 0 Å². The number of imide groups is 1. The number of nitrogens with two attached hydrogens (primary N) is 1. The lowest BCUT2D eigenvalue weighted by molar-refractivity contribution is -0.172. The molecule has 12 heteroatoms. The summed E-state index contributed by atoms with van der Waals surface area (Å²) >= 11 is 0. The molecule has 3 rings (SSSR count). The number of aromatic nitrogens is 3. The summed E-state index contributed by atoms with van der Waals surface area (Å²) in [6, 6.07) is 4.88. The summed E-state index contributed by atoms with van der Waals surface area (Å²) in [5, 5.41) is 18.6. The molecule has 4 N–H and O–H groups in total. The van der Waals surface area contributed by atoms with Crippen LogP contribution in [0.1, 0.15) is 52.9 Å². The largest absolute Gasteiger partial charge is 0.370 e. The highest BCUT2D eigenvalue weighted by Crippen LogP contribution is 2.17. The van der Waals surface area contributed by atoms with Crippen LogP contribution in [0.2, 0.25) is 0 Å². The van der Waals surface area contributed by atoms with E-state index in [9.17, 15) is 18.8 Å². The van der Waals surface area contributed by atoms with Gasteiger partial charge in [0.25, 0.3) is 11.8 Å². The summed E-state index contributed by atoms with van der Waals surface area (Å²) in [7, 11) is 0. The van der Waals surface area contributed by atoms with Crippen LogP contribution in [-0.4, -0.2) is 50.5 Å². The molecular weight excluding hydrogens is 421 g/mol. The van der Waals surface area contributed by atoms with E-state index in [0.29, 0.717) is 35.5 Å². The van der Waals surface area contributed by atoms with E-state index in [1.807, 2.05) is 0 Å². The van der Waals surface area contributed by atoms with Gasteiger partial charge in [0.15, 0.2) is 5.96 Å². The van der Waals surface area contributed by atoms with Gasteiger partial charge in [-0.25, -0.2) is 9.48 Å². The number of nitrogens with zero attached hydrogens (tertiary/aromatic N) is 4. The van der Waals surface area contributed by atoms with Crippen molar-refractivity contribution in [3.63, 3.8) is 0 Å². The minimum Gasteiger partial charge on any atom is -0.370 e. The highest BCUT2D eigenvalue weighted by atomic mass is 19.1. The summed E-state index contributed by atoms with van der Waals surface area (Å²) in [4.78, 5) is 41.1. The van der Waals surface area contributed by atoms with Crippen molar-refractivity contribution in [1.82, 2.24) is 25.4 Å². The molecule has 1 fully saturated rings. The highest BCUT2D eigenvalue weighted by Gasteiger charge is 2.33. The monoisotopic (exact) mass is 445 g/mol. The van der Waals surface area contributed by atoms with Crippen molar-refractivity contribution in [3.05, 3.63) is 46.8 Å². The number of alkyl halides is 1. The molecule has 2 amide bonds. The van der Waals surface area contributed by atoms with E-state index in [4.69, 9.17) is 16.0 Å². The molecule has 0 aliphatic carbocycles. The van der Waals surface area contributed by atoms with Crippen molar-refractivity contribution in [3.8, 4) is 0 Å². The number of hydrogen-bond acceptors (Lipinski definition) is 7. The van der Waals surface area contributed by atoms with E-state index in [1.54, 1.807) is 23.0 Å². The van der Waals surface area contributed by atoms with E-state index in [1.165, 1.54) is 6.07 Å². The first-order chi connectivity index (χ1) is 15.4. The average Bonchev–Trinajstić information content (AvgIpc) is 3.33. The van der Waals surface area contributed by atoms with Gasteiger partial charge in [0.1, 0.15) is 0 Å². The van der Waals surface area contributed by atoms with Crippen molar-refractivity contribution in [2.75, 3.05) is 6.67 Å². The second-order valence-electron chi connectivity index (χ2n) is 7.32. The molecule has 0 atom stereocenters. The van der Waals surface area contributed by atoms with E-state index < -0.39 is 17.8 Å². The first-order valence-electron chi connectivity index (χ1n) is 10.1. The normalized spacial score (nSPS) is 13.5. The zero-order chi connectivity index (χ0) is 23.1. The maximum Gasteiger partial charge on any atom is 0.363 e. The van der Waals surface area contributed by atoms with E-state index in [-0.39, 0.29) is 44.1 Å². The molecule has 170 valence electrons. The summed E-state index contributed by atoms with van der Waals surface area (Å²) in [6.45, 7) is 0.0888. The third-order valence-electron chi connectivity index (χ3n) is 4.70. The van der Waals surface area contributed by atoms with Crippen LogP contribution in [0.25, 0.3) is 0 Å². The number of guanidine groups is 1. The second kappa shape index (κ2) is 10.5. The van der Waals surface area contributed by atoms with Gasteiger partial charge in [-0.15, -0.1) is 10.2 Å². The minimum atomic E-state index is -0.856. The number of nitrogens with one attached hydrogen (secondary N) is 2. The maximum atomic E-state index is 12.6. The molecule has 0 bridgehead atoms. The Bertz CT molecular complexity index is 1010. The number of carbonyl (C=O) groups excluding carboxylic acids is 3. The lowest BCUT2D eigenvalue weighted by Gasteiger charge is -2.14. The van der Waals surface area contributed by atoms with Crippen molar-refractivity contribution in [2.24, 2.45) is 5.73 Å². The Hall–Kier alpha value is -3.83. The third-order valence-corrected chi connectivity index (χ3v) is 4.70. The molecule has 1 aromatic heterocycles. The molecule has 0 radical (unpaired) electrons. The molecule has 1 saturated heterocycles. The number of unbranched alkanes of at least 4 members (excludes halogenated alkanes) is 1. The third kappa shape index (κ3) is 6.09. The predicted octanol–water partition coefficient (Wildman–Crippen LogP) is 0.822. The van der Waals surface area contributed by atoms with E-state index in [0.717, 1.165) is 5.69 Å². The molecule has 2 aromatic rings. The quantitative estimate of drug-likeness (QED) is 0.210. The number of hydroxylamine groups is 2. The Balaban J connectivity index is 1.78. The summed E-state index contributed by atoms with van der Waals surface area (Å²) in [5.74, 6) is -2.23. The zero-order valence-electron chi connectivity index (χ0n) is 17.3. The standard InChI is InChI=1S/C20H24FN7O4/c21-6-2-1-3-16-12-27(26-25-16)11-14-7-13(10-24-20(22)23)8-15(9-14)19(31)32-28-17(29)4-5-18(28)30/h7-9,12H,1-6,10-11H2,(H4,22,23,24). The minimum absolute atomic E-state index is 0.000104. The van der Waals surface area contributed by atoms with Gasteiger partial charge in [-0.05, 0) is 42.5 Å². The van der Waals surface area contributed by atoms with Gasteiger partial charge in [-0.2, -0.15) is 0 Å². The fraction of sp³-hybridized carbons (Fsp3) is 0.400. The summed E-state index contributed by atoms with van der Waals surface area (Å²) in [5.41, 5.74) is 7.51. The van der Waals surface area contributed by atoms with Gasteiger partial charge in [0.05, 0.1) is 24.5 Å². The van der Waals surface area contributed by atoms with Crippen LogP contribution in [0.5, 0.6) is 0 Å². The molecule has 0 unspecified atom stereocenters. The lowest BCUT2D eigenvalue weighted by Crippen LogP contribution is -2.32. The molecule has 1 aliphatic rings. The van der Waals surface area contributed by atoms with Crippen LogP contribution in [0.15, 0.2) is 24.4 Å². The topological polar surface area (TPSA) is 156 Å². The summed E-state index contributed by atoms with van der Waals surface area (Å²) < 4.78 is 13.9. The number of aryl methyl sites for hydroxylation is 1. The average molecular weight is 445 g/mol. The number of carbonyl (C=O) groups is 3. The Morgan fingerprint density at radius 3 is 2.59 bits per heavy atom. The molecule has 0 spiro atoms. The van der Waals surface area contributed by atoms with Gasteiger partial charge < -0.3 is 15.9 Å². The molecule has 1 aromatic carbocycles. The molecule has 11 nitrogen and oxygen atoms in total. The van der Waals surface area contributed by atoms with Crippen LogP contribution in [-0.2, 0) is 33.9 Å². The maximum absolute atomic E-state index is 12.6. The number of benzene rings is 1. The number of halogens is 1. The number of amides is 2. The first-order valence-corrected chi connectivity index (χ1v) is 10.1. The van der Waals surface area contributed by atoms with Crippen LogP contribution in [0, 0.1) is 5.41 Å². The van der Waals surface area contributed by atoms with E-state index in [2.05, 4.69) is 15.6 Å². The predicted molar refractivity (Wildman–Crippen MR) is 110 cm³/mol. The zero-order valence-corrected chi connectivity index (χ0v) is 17.3. The van der Waals surface area contributed by atoms with Gasteiger partial charge in [0, 0.05) is 25.6 Å². The van der Waals surface area contributed by atoms with Gasteiger partial charge in [-0.3, -0.25) is 19.4 Å². The van der Waals surface area contributed by atoms with Crippen molar-refractivity contribution in [2.45, 2.75) is 45.2 Å². The molecule has 2 heterocycles. The highest BCUT2D eigenvalue weighted by molar-refractivity contribution is 6.02. The van der Waals surface area contributed by atoms with Crippen molar-refractivity contribution >= 4 is 23.7 Å².